The summed E-state index contributed by atoms with van der Waals surface area (Å²) in [6.07, 6.45) is 6.78. The fourth-order valence-corrected chi connectivity index (χ4v) is 3.30. The monoisotopic (exact) mass is 367 g/mol. The van der Waals surface area contributed by atoms with E-state index in [0.717, 1.165) is 23.8 Å². The molecule has 2 aromatic rings. The lowest BCUT2D eigenvalue weighted by atomic mass is 9.88. The second-order valence-electron chi connectivity index (χ2n) is 6.30. The van der Waals surface area contributed by atoms with Crippen LogP contribution >= 0.6 is 24.8 Å². The molecule has 132 valence electrons. The molecule has 0 spiro atoms. The van der Waals surface area contributed by atoms with Crippen molar-refractivity contribution in [3.63, 3.8) is 0 Å². The Balaban J connectivity index is 0.00000144. The first-order chi connectivity index (χ1) is 10.7. The summed E-state index contributed by atoms with van der Waals surface area (Å²) >= 11 is 0. The fraction of sp³-hybridized carbons (Fsp3) is 0.368. The molecule has 0 bridgehead atoms. The highest BCUT2D eigenvalue weighted by Gasteiger charge is 2.18. The molecule has 1 fully saturated rings. The lowest BCUT2D eigenvalue weighted by Crippen LogP contribution is -2.26. The van der Waals surface area contributed by atoms with Crippen LogP contribution in [0.4, 0.5) is 22.7 Å². The zero-order valence-electron chi connectivity index (χ0n) is 13.9. The van der Waals surface area contributed by atoms with Crippen LogP contribution in [0, 0.1) is 5.92 Å². The number of benzene rings is 2. The Bertz CT molecular complexity index is 548. The third-order valence-corrected chi connectivity index (χ3v) is 4.58. The predicted octanol–water partition coefficient (Wildman–Crippen LogP) is 5.41. The van der Waals surface area contributed by atoms with Gasteiger partial charge in [0.15, 0.2) is 0 Å². The third kappa shape index (κ3) is 5.22. The summed E-state index contributed by atoms with van der Waals surface area (Å²) < 4.78 is 0. The molecule has 3 nitrogen and oxygen atoms in total. The molecule has 4 N–H and O–H groups in total. The minimum atomic E-state index is 0. The van der Waals surface area contributed by atoms with Gasteiger partial charge in [-0.25, -0.2) is 0 Å². The van der Waals surface area contributed by atoms with E-state index in [1.54, 1.807) is 0 Å². The standard InChI is InChI=1S/C19H25N3.2ClH/c20-16-6-10-18(11-7-16)22(14-15-4-2-1-3-5-15)19-12-8-17(21)9-13-19;;/h6-13,15H,1-5,14,20-21H2;2*1H. The van der Waals surface area contributed by atoms with E-state index in [1.807, 2.05) is 24.3 Å². The number of nitrogens with zero attached hydrogens (tertiary/aromatic N) is 1. The summed E-state index contributed by atoms with van der Waals surface area (Å²) in [5, 5.41) is 0. The zero-order chi connectivity index (χ0) is 15.4. The number of halogens is 2. The van der Waals surface area contributed by atoms with Crippen LogP contribution in [0.1, 0.15) is 32.1 Å². The summed E-state index contributed by atoms with van der Waals surface area (Å²) in [5.74, 6) is 0.767. The maximum atomic E-state index is 5.83. The molecule has 0 saturated heterocycles. The van der Waals surface area contributed by atoms with Crippen molar-refractivity contribution in [3.8, 4) is 0 Å². The van der Waals surface area contributed by atoms with Gasteiger partial charge in [-0.1, -0.05) is 19.3 Å². The fourth-order valence-electron chi connectivity index (χ4n) is 3.30. The second-order valence-corrected chi connectivity index (χ2v) is 6.30. The summed E-state index contributed by atoms with van der Waals surface area (Å²) in [6, 6.07) is 16.3. The number of rotatable bonds is 4. The topological polar surface area (TPSA) is 55.3 Å². The summed E-state index contributed by atoms with van der Waals surface area (Å²) in [4.78, 5) is 2.40. The van der Waals surface area contributed by atoms with Gasteiger partial charge >= 0.3 is 0 Å². The van der Waals surface area contributed by atoms with E-state index in [-0.39, 0.29) is 24.8 Å². The Kier molecular flexibility index (Phi) is 8.23. The van der Waals surface area contributed by atoms with Gasteiger partial charge in [0, 0.05) is 29.3 Å². The molecule has 0 aromatic heterocycles. The van der Waals surface area contributed by atoms with Crippen molar-refractivity contribution in [3.05, 3.63) is 48.5 Å². The average Bonchev–Trinajstić information content (AvgIpc) is 2.56. The van der Waals surface area contributed by atoms with E-state index < -0.39 is 0 Å². The lowest BCUT2D eigenvalue weighted by molar-refractivity contribution is 0.365. The molecule has 0 unspecified atom stereocenters. The molecular formula is C19H27Cl2N3. The van der Waals surface area contributed by atoms with Crippen LogP contribution in [0.3, 0.4) is 0 Å². The molecule has 0 radical (unpaired) electrons. The maximum absolute atomic E-state index is 5.83. The maximum Gasteiger partial charge on any atom is 0.0412 e. The van der Waals surface area contributed by atoms with Crippen molar-refractivity contribution in [2.75, 3.05) is 22.9 Å². The first-order valence-electron chi connectivity index (χ1n) is 8.21. The van der Waals surface area contributed by atoms with Gasteiger partial charge < -0.3 is 16.4 Å². The number of nitrogen functional groups attached to an aromatic ring is 2. The predicted molar refractivity (Wildman–Crippen MR) is 110 cm³/mol. The molecular weight excluding hydrogens is 341 g/mol. The minimum Gasteiger partial charge on any atom is -0.399 e. The average molecular weight is 368 g/mol. The third-order valence-electron chi connectivity index (χ3n) is 4.58. The molecule has 5 heteroatoms. The van der Waals surface area contributed by atoms with Crippen molar-refractivity contribution in [2.24, 2.45) is 5.92 Å². The Morgan fingerprint density at radius 3 is 1.54 bits per heavy atom. The van der Waals surface area contributed by atoms with Crippen molar-refractivity contribution >= 4 is 47.6 Å². The Morgan fingerprint density at radius 2 is 1.12 bits per heavy atom. The smallest absolute Gasteiger partial charge is 0.0412 e. The van der Waals surface area contributed by atoms with Crippen LogP contribution in [0.15, 0.2) is 48.5 Å². The quantitative estimate of drug-likeness (QED) is 0.709. The zero-order valence-corrected chi connectivity index (χ0v) is 15.5. The van der Waals surface area contributed by atoms with E-state index in [4.69, 9.17) is 11.5 Å². The number of hydrogen-bond acceptors (Lipinski definition) is 3. The first-order valence-corrected chi connectivity index (χ1v) is 8.21. The van der Waals surface area contributed by atoms with Crippen molar-refractivity contribution in [2.45, 2.75) is 32.1 Å². The molecule has 24 heavy (non-hydrogen) atoms. The Labute approximate surface area is 157 Å². The molecule has 2 aromatic carbocycles. The number of anilines is 4. The van der Waals surface area contributed by atoms with E-state index >= 15 is 0 Å². The van der Waals surface area contributed by atoms with Crippen LogP contribution in [-0.4, -0.2) is 6.54 Å². The van der Waals surface area contributed by atoms with E-state index in [0.29, 0.717) is 0 Å². The van der Waals surface area contributed by atoms with Gasteiger partial charge in [0.25, 0.3) is 0 Å². The minimum absolute atomic E-state index is 0. The molecule has 1 aliphatic carbocycles. The number of nitrogens with two attached hydrogens (primary N) is 2. The van der Waals surface area contributed by atoms with Crippen LogP contribution in [-0.2, 0) is 0 Å². The van der Waals surface area contributed by atoms with Gasteiger partial charge in [0.2, 0.25) is 0 Å². The molecule has 0 atom stereocenters. The second kappa shape index (κ2) is 9.65. The lowest BCUT2D eigenvalue weighted by Gasteiger charge is -2.31. The highest BCUT2D eigenvalue weighted by atomic mass is 35.5. The first kappa shape index (κ1) is 20.5. The van der Waals surface area contributed by atoms with Gasteiger partial charge in [0.05, 0.1) is 0 Å². The van der Waals surface area contributed by atoms with Crippen molar-refractivity contribution < 1.29 is 0 Å². The molecule has 1 saturated carbocycles. The van der Waals surface area contributed by atoms with Gasteiger partial charge in [-0.05, 0) is 67.3 Å². The summed E-state index contributed by atoms with van der Waals surface area (Å²) in [6.45, 7) is 1.06. The van der Waals surface area contributed by atoms with E-state index in [2.05, 4.69) is 29.2 Å². The summed E-state index contributed by atoms with van der Waals surface area (Å²) in [7, 11) is 0. The van der Waals surface area contributed by atoms with Gasteiger partial charge in [-0.3, -0.25) is 0 Å². The van der Waals surface area contributed by atoms with Gasteiger partial charge in [0.1, 0.15) is 0 Å². The van der Waals surface area contributed by atoms with E-state index in [9.17, 15) is 0 Å². The van der Waals surface area contributed by atoms with Gasteiger partial charge in [-0.2, -0.15) is 0 Å². The van der Waals surface area contributed by atoms with Crippen molar-refractivity contribution in [1.82, 2.24) is 0 Å². The van der Waals surface area contributed by atoms with Crippen LogP contribution < -0.4 is 16.4 Å². The highest BCUT2D eigenvalue weighted by Crippen LogP contribution is 2.32. The number of hydrogen-bond donors (Lipinski definition) is 2. The van der Waals surface area contributed by atoms with Crippen LogP contribution in [0.2, 0.25) is 0 Å². The molecule has 3 rings (SSSR count). The highest BCUT2D eigenvalue weighted by molar-refractivity contribution is 5.85. The molecule has 0 aliphatic heterocycles. The molecule has 0 amide bonds. The van der Waals surface area contributed by atoms with Crippen LogP contribution in [0.25, 0.3) is 0 Å². The molecule has 0 heterocycles. The SMILES string of the molecule is Cl.Cl.Nc1ccc(N(CC2CCCCC2)c2ccc(N)cc2)cc1. The Morgan fingerprint density at radius 1 is 0.708 bits per heavy atom. The largest absolute Gasteiger partial charge is 0.399 e. The normalized spacial score (nSPS) is 14.3. The Hall–Kier alpha value is -1.58. The molecule has 1 aliphatic rings. The van der Waals surface area contributed by atoms with Crippen LogP contribution in [0.5, 0.6) is 0 Å². The summed E-state index contributed by atoms with van der Waals surface area (Å²) in [5.41, 5.74) is 15.7. The van der Waals surface area contributed by atoms with Crippen molar-refractivity contribution in [1.29, 1.82) is 0 Å². The van der Waals surface area contributed by atoms with E-state index in [1.165, 1.54) is 43.5 Å². The van der Waals surface area contributed by atoms with Gasteiger partial charge in [-0.15, -0.1) is 24.8 Å².